The van der Waals surface area contributed by atoms with Crippen LogP contribution in [0.15, 0.2) is 24.3 Å². The second-order valence-electron chi connectivity index (χ2n) is 5.40. The minimum atomic E-state index is 0. The van der Waals surface area contributed by atoms with Gasteiger partial charge in [0, 0.05) is 30.1 Å². The highest BCUT2D eigenvalue weighted by Crippen LogP contribution is 2.29. The highest BCUT2D eigenvalue weighted by Gasteiger charge is 2.32. The predicted molar refractivity (Wildman–Crippen MR) is 85.2 cm³/mol. The summed E-state index contributed by atoms with van der Waals surface area (Å²) in [6.45, 7) is 2.62. The third-order valence-electron chi connectivity index (χ3n) is 3.39. The van der Waals surface area contributed by atoms with Gasteiger partial charge in [0.2, 0.25) is 5.91 Å². The zero-order valence-electron chi connectivity index (χ0n) is 11.7. The van der Waals surface area contributed by atoms with E-state index in [-0.39, 0.29) is 24.4 Å². The van der Waals surface area contributed by atoms with Crippen LogP contribution >= 0.6 is 24.0 Å². The van der Waals surface area contributed by atoms with E-state index in [2.05, 4.69) is 0 Å². The number of hydrogen-bond donors (Lipinski definition) is 1. The van der Waals surface area contributed by atoms with Crippen LogP contribution in [0.2, 0.25) is 5.02 Å². The summed E-state index contributed by atoms with van der Waals surface area (Å²) in [6, 6.07) is 8.22. The van der Waals surface area contributed by atoms with Crippen molar-refractivity contribution in [1.82, 2.24) is 4.90 Å². The molecule has 112 valence electrons. The number of carbonyl (C=O) groups excluding carboxylic acids is 1. The molecule has 1 saturated carbocycles. The van der Waals surface area contributed by atoms with Crippen LogP contribution in [0.1, 0.15) is 38.2 Å². The van der Waals surface area contributed by atoms with Crippen molar-refractivity contribution in [3.05, 3.63) is 34.9 Å². The van der Waals surface area contributed by atoms with Gasteiger partial charge < -0.3 is 10.6 Å². The van der Waals surface area contributed by atoms with Gasteiger partial charge in [-0.05, 0) is 43.9 Å². The minimum Gasteiger partial charge on any atom is -0.335 e. The molecule has 1 fully saturated rings. The molecule has 3 nitrogen and oxygen atoms in total. The average Bonchev–Trinajstić information content (AvgIpc) is 3.19. The standard InChI is InChI=1S/C15H21ClN2O.ClH/c1-11(17)2-9-15(19)18(14-7-8-14)10-12-3-5-13(16)6-4-12;/h3-6,11,14H,2,7-10,17H2,1H3;1H. The van der Waals surface area contributed by atoms with E-state index in [0.29, 0.717) is 19.0 Å². The maximum absolute atomic E-state index is 12.2. The molecule has 5 heteroatoms. The van der Waals surface area contributed by atoms with Gasteiger partial charge in [-0.15, -0.1) is 12.4 Å². The van der Waals surface area contributed by atoms with Gasteiger partial charge in [0.25, 0.3) is 0 Å². The van der Waals surface area contributed by atoms with Gasteiger partial charge in [-0.1, -0.05) is 23.7 Å². The van der Waals surface area contributed by atoms with E-state index >= 15 is 0 Å². The van der Waals surface area contributed by atoms with E-state index < -0.39 is 0 Å². The van der Waals surface area contributed by atoms with Crippen LogP contribution in [0.4, 0.5) is 0 Å². The highest BCUT2D eigenvalue weighted by molar-refractivity contribution is 6.30. The van der Waals surface area contributed by atoms with Crippen LogP contribution in [0, 0.1) is 0 Å². The Balaban J connectivity index is 0.00000200. The van der Waals surface area contributed by atoms with E-state index in [1.54, 1.807) is 0 Å². The summed E-state index contributed by atoms with van der Waals surface area (Å²) in [5, 5.41) is 0.727. The first-order valence-corrected chi connectivity index (χ1v) is 7.23. The van der Waals surface area contributed by atoms with Gasteiger partial charge in [-0.3, -0.25) is 4.79 Å². The lowest BCUT2D eigenvalue weighted by molar-refractivity contribution is -0.132. The minimum absolute atomic E-state index is 0. The van der Waals surface area contributed by atoms with Crippen LogP contribution < -0.4 is 5.73 Å². The fraction of sp³-hybridized carbons (Fsp3) is 0.533. The summed E-state index contributed by atoms with van der Waals surface area (Å²) >= 11 is 5.88. The Morgan fingerprint density at radius 2 is 2.00 bits per heavy atom. The molecule has 20 heavy (non-hydrogen) atoms. The largest absolute Gasteiger partial charge is 0.335 e. The highest BCUT2D eigenvalue weighted by atomic mass is 35.5. The Morgan fingerprint density at radius 3 is 2.50 bits per heavy atom. The topological polar surface area (TPSA) is 46.3 Å². The molecule has 0 spiro atoms. The Labute approximate surface area is 131 Å². The molecule has 0 heterocycles. The van der Waals surface area contributed by atoms with Crippen LogP contribution in [-0.4, -0.2) is 22.9 Å². The van der Waals surface area contributed by atoms with E-state index in [1.165, 1.54) is 0 Å². The van der Waals surface area contributed by atoms with Crippen molar-refractivity contribution >= 4 is 29.9 Å². The number of carbonyl (C=O) groups is 1. The molecular formula is C15H22Cl2N2O. The molecule has 1 unspecified atom stereocenters. The first-order chi connectivity index (χ1) is 9.06. The second kappa shape index (κ2) is 7.87. The van der Waals surface area contributed by atoms with Crippen LogP contribution in [-0.2, 0) is 11.3 Å². The van der Waals surface area contributed by atoms with Crippen LogP contribution in [0.25, 0.3) is 0 Å². The van der Waals surface area contributed by atoms with E-state index in [1.807, 2.05) is 36.1 Å². The van der Waals surface area contributed by atoms with Crippen molar-refractivity contribution in [1.29, 1.82) is 0 Å². The van der Waals surface area contributed by atoms with Crippen molar-refractivity contribution in [3.8, 4) is 0 Å². The summed E-state index contributed by atoms with van der Waals surface area (Å²) in [4.78, 5) is 14.2. The fourth-order valence-corrected chi connectivity index (χ4v) is 2.21. The Bertz CT molecular complexity index is 430. The Kier molecular flexibility index (Phi) is 6.80. The third kappa shape index (κ3) is 5.31. The molecule has 1 amide bonds. The number of rotatable bonds is 6. The van der Waals surface area contributed by atoms with Crippen LogP contribution in [0.3, 0.4) is 0 Å². The van der Waals surface area contributed by atoms with Crippen molar-refractivity contribution in [2.24, 2.45) is 5.73 Å². The lowest BCUT2D eigenvalue weighted by atomic mass is 10.1. The molecule has 2 rings (SSSR count). The summed E-state index contributed by atoms with van der Waals surface area (Å²) in [5.74, 6) is 0.217. The molecule has 1 aromatic rings. The molecule has 0 bridgehead atoms. The molecule has 2 N–H and O–H groups in total. The van der Waals surface area contributed by atoms with Gasteiger partial charge in [0.1, 0.15) is 0 Å². The number of nitrogens with zero attached hydrogens (tertiary/aromatic N) is 1. The molecule has 1 aromatic carbocycles. The van der Waals surface area contributed by atoms with Gasteiger partial charge in [0.05, 0.1) is 0 Å². The smallest absolute Gasteiger partial charge is 0.223 e. The number of benzene rings is 1. The molecule has 0 saturated heterocycles. The number of hydrogen-bond acceptors (Lipinski definition) is 2. The number of nitrogens with two attached hydrogens (primary N) is 1. The first kappa shape index (κ1) is 17.3. The lowest BCUT2D eigenvalue weighted by Gasteiger charge is -2.23. The molecule has 1 aliphatic carbocycles. The maximum Gasteiger partial charge on any atom is 0.223 e. The molecule has 1 atom stereocenters. The van der Waals surface area contributed by atoms with Crippen molar-refractivity contribution in [2.45, 2.75) is 51.2 Å². The van der Waals surface area contributed by atoms with Crippen molar-refractivity contribution < 1.29 is 4.79 Å². The summed E-state index contributed by atoms with van der Waals surface area (Å²) in [7, 11) is 0. The monoisotopic (exact) mass is 316 g/mol. The van der Waals surface area contributed by atoms with Gasteiger partial charge >= 0.3 is 0 Å². The average molecular weight is 317 g/mol. The van der Waals surface area contributed by atoms with E-state index in [9.17, 15) is 4.79 Å². The van der Waals surface area contributed by atoms with Gasteiger partial charge in [-0.2, -0.15) is 0 Å². The Hall–Kier alpha value is -0.770. The summed E-state index contributed by atoms with van der Waals surface area (Å²) in [6.07, 6.45) is 3.54. The quantitative estimate of drug-likeness (QED) is 0.874. The molecule has 0 radical (unpaired) electrons. The third-order valence-corrected chi connectivity index (χ3v) is 3.64. The fourth-order valence-electron chi connectivity index (χ4n) is 2.09. The lowest BCUT2D eigenvalue weighted by Crippen LogP contribution is -2.33. The number of halogens is 2. The zero-order valence-corrected chi connectivity index (χ0v) is 13.3. The Morgan fingerprint density at radius 1 is 1.40 bits per heavy atom. The predicted octanol–water partition coefficient (Wildman–Crippen LogP) is 3.38. The molecule has 1 aliphatic rings. The second-order valence-corrected chi connectivity index (χ2v) is 5.83. The van der Waals surface area contributed by atoms with Crippen molar-refractivity contribution in [3.63, 3.8) is 0 Å². The first-order valence-electron chi connectivity index (χ1n) is 6.86. The van der Waals surface area contributed by atoms with Crippen LogP contribution in [0.5, 0.6) is 0 Å². The van der Waals surface area contributed by atoms with E-state index in [0.717, 1.165) is 29.8 Å². The summed E-state index contributed by atoms with van der Waals surface area (Å²) < 4.78 is 0. The summed E-state index contributed by atoms with van der Waals surface area (Å²) in [5.41, 5.74) is 6.85. The number of amides is 1. The normalized spacial score (nSPS) is 15.3. The maximum atomic E-state index is 12.2. The van der Waals surface area contributed by atoms with Crippen molar-refractivity contribution in [2.75, 3.05) is 0 Å². The zero-order chi connectivity index (χ0) is 13.8. The molecular weight excluding hydrogens is 295 g/mol. The van der Waals surface area contributed by atoms with Gasteiger partial charge in [-0.25, -0.2) is 0 Å². The van der Waals surface area contributed by atoms with E-state index in [4.69, 9.17) is 17.3 Å². The SMILES string of the molecule is CC(N)CCC(=O)N(Cc1ccc(Cl)cc1)C1CC1.Cl. The molecule has 0 aromatic heterocycles. The van der Waals surface area contributed by atoms with Gasteiger partial charge in [0.15, 0.2) is 0 Å². The molecule has 0 aliphatic heterocycles.